The Labute approximate surface area is 183 Å². The molecule has 0 fully saturated rings. The first-order valence-corrected chi connectivity index (χ1v) is 10.3. The molecular formula is C22H22BrN5O2. The number of allylic oxidation sites excluding steroid dienone is 1. The van der Waals surface area contributed by atoms with Gasteiger partial charge in [0, 0.05) is 21.4 Å². The SMILES string of the molecule is COc1ccc(Br)cc1[C@@H]1C(C(=O)Nc2ccc(C)cc2C)=C(C)Nc2ncnn21. The number of nitrogens with zero attached hydrogens (tertiary/aromatic N) is 3. The minimum atomic E-state index is -0.498. The molecule has 1 atom stereocenters. The standard InChI is InChI=1S/C22H22BrN5O2/c1-12-5-7-17(13(2)9-12)27-21(29)19-14(3)26-22-24-11-25-28(22)20(19)16-10-15(23)6-8-18(16)30-4/h5-11,20H,1-4H3,(H,27,29)(H,24,25,26)/t20-/m1/s1. The largest absolute Gasteiger partial charge is 0.496 e. The third-order valence-electron chi connectivity index (χ3n) is 5.16. The van der Waals surface area contributed by atoms with Gasteiger partial charge in [0.15, 0.2) is 0 Å². The number of aryl methyl sites for hydroxylation is 2. The number of carbonyl (C=O) groups excluding carboxylic acids is 1. The third kappa shape index (κ3) is 3.59. The van der Waals surface area contributed by atoms with Gasteiger partial charge in [-0.1, -0.05) is 33.6 Å². The van der Waals surface area contributed by atoms with Crippen LogP contribution in [0.2, 0.25) is 0 Å². The van der Waals surface area contributed by atoms with Crippen LogP contribution in [0, 0.1) is 13.8 Å². The zero-order chi connectivity index (χ0) is 21.4. The van der Waals surface area contributed by atoms with E-state index in [1.165, 1.54) is 6.33 Å². The Kier molecular flexibility index (Phi) is 5.34. The molecule has 3 aromatic rings. The van der Waals surface area contributed by atoms with Crippen LogP contribution in [0.1, 0.15) is 29.7 Å². The molecule has 0 spiro atoms. The van der Waals surface area contributed by atoms with Gasteiger partial charge in [-0.3, -0.25) is 4.79 Å². The van der Waals surface area contributed by atoms with Gasteiger partial charge < -0.3 is 15.4 Å². The molecule has 1 aliphatic rings. The fourth-order valence-corrected chi connectivity index (χ4v) is 4.11. The van der Waals surface area contributed by atoms with Gasteiger partial charge in [-0.05, 0) is 50.6 Å². The predicted octanol–water partition coefficient (Wildman–Crippen LogP) is 4.59. The van der Waals surface area contributed by atoms with Crippen LogP contribution in [0.5, 0.6) is 5.75 Å². The number of hydrogen-bond donors (Lipinski definition) is 2. The van der Waals surface area contributed by atoms with Gasteiger partial charge in [-0.2, -0.15) is 10.1 Å². The van der Waals surface area contributed by atoms with Crippen LogP contribution >= 0.6 is 15.9 Å². The number of benzene rings is 2. The van der Waals surface area contributed by atoms with Crippen molar-refractivity contribution in [2.24, 2.45) is 0 Å². The maximum absolute atomic E-state index is 13.5. The summed E-state index contributed by atoms with van der Waals surface area (Å²) < 4.78 is 8.18. The van der Waals surface area contributed by atoms with Crippen LogP contribution in [-0.4, -0.2) is 27.8 Å². The molecule has 8 heteroatoms. The molecule has 30 heavy (non-hydrogen) atoms. The number of ether oxygens (including phenoxy) is 1. The second kappa shape index (κ2) is 7.95. The summed E-state index contributed by atoms with van der Waals surface area (Å²) >= 11 is 3.53. The number of halogens is 1. The topological polar surface area (TPSA) is 81.1 Å². The monoisotopic (exact) mass is 467 g/mol. The van der Waals surface area contributed by atoms with Crippen molar-refractivity contribution < 1.29 is 9.53 Å². The summed E-state index contributed by atoms with van der Waals surface area (Å²) in [7, 11) is 1.61. The summed E-state index contributed by atoms with van der Waals surface area (Å²) in [6.45, 7) is 5.87. The van der Waals surface area contributed by atoms with Crippen molar-refractivity contribution in [1.82, 2.24) is 14.8 Å². The molecular weight excluding hydrogens is 446 g/mol. The maximum Gasteiger partial charge on any atom is 0.255 e. The number of fused-ring (bicyclic) bond motifs is 1. The lowest BCUT2D eigenvalue weighted by Gasteiger charge is -2.29. The fourth-order valence-electron chi connectivity index (χ4n) is 3.73. The maximum atomic E-state index is 13.5. The number of carbonyl (C=O) groups is 1. The average molecular weight is 468 g/mol. The Morgan fingerprint density at radius 1 is 1.20 bits per heavy atom. The molecule has 2 N–H and O–H groups in total. The highest BCUT2D eigenvalue weighted by molar-refractivity contribution is 9.10. The highest BCUT2D eigenvalue weighted by atomic mass is 79.9. The van der Waals surface area contributed by atoms with Gasteiger partial charge in [0.1, 0.15) is 18.1 Å². The van der Waals surface area contributed by atoms with E-state index < -0.39 is 6.04 Å². The minimum absolute atomic E-state index is 0.208. The van der Waals surface area contributed by atoms with Crippen molar-refractivity contribution in [3.63, 3.8) is 0 Å². The van der Waals surface area contributed by atoms with Crippen molar-refractivity contribution in [3.8, 4) is 5.75 Å². The fraction of sp³-hybridized carbons (Fsp3) is 0.227. The minimum Gasteiger partial charge on any atom is -0.496 e. The Hall–Kier alpha value is -3.13. The quantitative estimate of drug-likeness (QED) is 0.586. The normalized spacial score (nSPS) is 15.4. The zero-order valence-corrected chi connectivity index (χ0v) is 18.7. The van der Waals surface area contributed by atoms with Gasteiger partial charge in [0.25, 0.3) is 5.91 Å². The Bertz CT molecular complexity index is 1170. The summed E-state index contributed by atoms with van der Waals surface area (Å²) in [6, 6.07) is 11.2. The average Bonchev–Trinajstić information content (AvgIpc) is 3.16. The lowest BCUT2D eigenvalue weighted by atomic mass is 9.94. The van der Waals surface area contributed by atoms with E-state index in [2.05, 4.69) is 36.6 Å². The second-order valence-electron chi connectivity index (χ2n) is 7.25. The smallest absolute Gasteiger partial charge is 0.255 e. The van der Waals surface area contributed by atoms with Crippen molar-refractivity contribution in [2.75, 3.05) is 17.7 Å². The van der Waals surface area contributed by atoms with Crippen LogP contribution in [0.4, 0.5) is 11.6 Å². The molecule has 1 aromatic heterocycles. The van der Waals surface area contributed by atoms with Crippen LogP contribution in [0.15, 0.2) is 58.5 Å². The number of rotatable bonds is 4. The number of hydrogen-bond acceptors (Lipinski definition) is 5. The molecule has 7 nitrogen and oxygen atoms in total. The number of methoxy groups -OCH3 is 1. The van der Waals surface area contributed by atoms with Crippen molar-refractivity contribution in [1.29, 1.82) is 0 Å². The molecule has 2 aromatic carbocycles. The molecule has 4 rings (SSSR count). The van der Waals surface area contributed by atoms with Gasteiger partial charge in [-0.15, -0.1) is 0 Å². The molecule has 0 aliphatic carbocycles. The number of anilines is 2. The van der Waals surface area contributed by atoms with E-state index in [-0.39, 0.29) is 5.91 Å². The summed E-state index contributed by atoms with van der Waals surface area (Å²) in [6.07, 6.45) is 1.47. The van der Waals surface area contributed by atoms with Gasteiger partial charge >= 0.3 is 0 Å². The summed E-state index contributed by atoms with van der Waals surface area (Å²) in [5.74, 6) is 1.03. The first-order chi connectivity index (χ1) is 14.4. The first kappa shape index (κ1) is 20.2. The number of amides is 1. The molecule has 1 aliphatic heterocycles. The van der Waals surface area contributed by atoms with E-state index in [9.17, 15) is 4.79 Å². The number of nitrogens with one attached hydrogen (secondary N) is 2. The second-order valence-corrected chi connectivity index (χ2v) is 8.17. The van der Waals surface area contributed by atoms with E-state index in [1.54, 1.807) is 11.8 Å². The molecule has 154 valence electrons. The highest BCUT2D eigenvalue weighted by Crippen LogP contribution is 2.40. The molecule has 1 amide bonds. The van der Waals surface area contributed by atoms with E-state index in [0.717, 1.165) is 26.9 Å². The summed E-state index contributed by atoms with van der Waals surface area (Å²) in [5, 5.41) is 10.6. The summed E-state index contributed by atoms with van der Waals surface area (Å²) in [4.78, 5) is 17.8. The van der Waals surface area contributed by atoms with E-state index in [1.807, 2.05) is 57.2 Å². The van der Waals surface area contributed by atoms with Gasteiger partial charge in [-0.25, -0.2) is 4.68 Å². The molecule has 2 heterocycles. The lowest BCUT2D eigenvalue weighted by Crippen LogP contribution is -2.32. The highest BCUT2D eigenvalue weighted by Gasteiger charge is 2.35. The van der Waals surface area contributed by atoms with Crippen LogP contribution in [0.25, 0.3) is 0 Å². The van der Waals surface area contributed by atoms with E-state index in [4.69, 9.17) is 4.74 Å². The van der Waals surface area contributed by atoms with Gasteiger partial charge in [0.2, 0.25) is 5.95 Å². The predicted molar refractivity (Wildman–Crippen MR) is 120 cm³/mol. The third-order valence-corrected chi connectivity index (χ3v) is 5.65. The number of aromatic nitrogens is 3. The zero-order valence-electron chi connectivity index (χ0n) is 17.2. The van der Waals surface area contributed by atoms with Crippen molar-refractivity contribution in [3.05, 3.63) is 75.2 Å². The van der Waals surface area contributed by atoms with Gasteiger partial charge in [0.05, 0.1) is 12.7 Å². The Balaban J connectivity index is 1.82. The van der Waals surface area contributed by atoms with Crippen molar-refractivity contribution in [2.45, 2.75) is 26.8 Å². The molecule has 0 radical (unpaired) electrons. The van der Waals surface area contributed by atoms with Crippen molar-refractivity contribution >= 4 is 33.5 Å². The lowest BCUT2D eigenvalue weighted by molar-refractivity contribution is -0.113. The van der Waals surface area contributed by atoms with E-state index >= 15 is 0 Å². The van der Waals surface area contributed by atoms with Crippen LogP contribution < -0.4 is 15.4 Å². The van der Waals surface area contributed by atoms with Crippen LogP contribution in [-0.2, 0) is 4.79 Å². The molecule has 0 unspecified atom stereocenters. The van der Waals surface area contributed by atoms with Crippen LogP contribution in [0.3, 0.4) is 0 Å². The van der Waals surface area contributed by atoms with E-state index in [0.29, 0.717) is 23.0 Å². The molecule has 0 saturated carbocycles. The Morgan fingerprint density at radius 2 is 2.00 bits per heavy atom. The summed E-state index contributed by atoms with van der Waals surface area (Å²) in [5.41, 5.74) is 4.99. The molecule has 0 bridgehead atoms. The first-order valence-electron chi connectivity index (χ1n) is 9.48. The Morgan fingerprint density at radius 3 is 2.73 bits per heavy atom. The molecule has 0 saturated heterocycles.